The van der Waals surface area contributed by atoms with Gasteiger partial charge in [0.2, 0.25) is 5.88 Å². The molecule has 1 heterocycles. The second-order valence-electron chi connectivity index (χ2n) is 4.90. The summed E-state index contributed by atoms with van der Waals surface area (Å²) in [4.78, 5) is 16.1. The van der Waals surface area contributed by atoms with Crippen LogP contribution in [0.2, 0.25) is 5.02 Å². The average molecular weight is 391 g/mol. The van der Waals surface area contributed by atoms with Gasteiger partial charge in [-0.1, -0.05) is 11.6 Å². The third-order valence-electron chi connectivity index (χ3n) is 3.11. The van der Waals surface area contributed by atoms with Crippen molar-refractivity contribution in [3.8, 4) is 17.4 Å². The molecule has 140 valence electrons. The molecule has 0 radical (unpaired) electrons. The molecule has 0 aliphatic carbocycles. The zero-order valence-corrected chi connectivity index (χ0v) is 14.4. The van der Waals surface area contributed by atoms with Crippen LogP contribution in [0, 0.1) is 0 Å². The Bertz CT molecular complexity index is 800. The van der Waals surface area contributed by atoms with Gasteiger partial charge in [-0.15, -0.1) is 0 Å². The lowest BCUT2D eigenvalue weighted by atomic mass is 10.2. The van der Waals surface area contributed by atoms with Gasteiger partial charge in [0.15, 0.2) is 6.61 Å². The number of hydrogen-bond acceptors (Lipinski definition) is 5. The first-order chi connectivity index (χ1) is 12.2. The van der Waals surface area contributed by atoms with Crippen LogP contribution in [0.3, 0.4) is 0 Å². The third-order valence-corrected chi connectivity index (χ3v) is 3.41. The molecule has 2 rings (SSSR count). The molecular formula is C16H14ClF3N2O4. The Morgan fingerprint density at radius 3 is 2.54 bits per heavy atom. The molecule has 0 fully saturated rings. The fourth-order valence-corrected chi connectivity index (χ4v) is 2.21. The number of rotatable bonds is 6. The van der Waals surface area contributed by atoms with E-state index in [1.807, 2.05) is 0 Å². The number of carbonyl (C=O) groups is 1. The highest BCUT2D eigenvalue weighted by Gasteiger charge is 2.29. The largest absolute Gasteiger partial charge is 0.495 e. The van der Waals surface area contributed by atoms with E-state index in [0.717, 1.165) is 0 Å². The van der Waals surface area contributed by atoms with Gasteiger partial charge in [-0.05, 0) is 12.1 Å². The van der Waals surface area contributed by atoms with Crippen molar-refractivity contribution >= 4 is 23.2 Å². The van der Waals surface area contributed by atoms with E-state index in [2.05, 4.69) is 15.0 Å². The fourth-order valence-electron chi connectivity index (χ4n) is 1.98. The number of nitrogens with zero attached hydrogens (tertiary/aromatic N) is 1. The second-order valence-corrected chi connectivity index (χ2v) is 5.31. The van der Waals surface area contributed by atoms with Crippen molar-refractivity contribution in [3.05, 3.63) is 41.0 Å². The number of halogens is 4. The minimum absolute atomic E-state index is 0.173. The van der Waals surface area contributed by atoms with Crippen LogP contribution >= 0.6 is 11.6 Å². The van der Waals surface area contributed by atoms with Crippen molar-refractivity contribution in [2.45, 2.75) is 6.18 Å². The summed E-state index contributed by atoms with van der Waals surface area (Å²) in [5.41, 5.74) is 0.0390. The van der Waals surface area contributed by atoms with Gasteiger partial charge in [0.25, 0.3) is 5.91 Å². The number of alkyl halides is 3. The van der Waals surface area contributed by atoms with Gasteiger partial charge < -0.3 is 19.5 Å². The van der Waals surface area contributed by atoms with Crippen molar-refractivity contribution in [2.75, 3.05) is 26.1 Å². The van der Waals surface area contributed by atoms with Crippen LogP contribution in [0.5, 0.6) is 17.4 Å². The molecular weight excluding hydrogens is 377 g/mol. The Hall–Kier alpha value is -2.68. The van der Waals surface area contributed by atoms with Gasteiger partial charge in [0.1, 0.15) is 17.1 Å². The number of benzene rings is 1. The van der Waals surface area contributed by atoms with Crippen molar-refractivity contribution in [1.29, 1.82) is 0 Å². The predicted molar refractivity (Wildman–Crippen MR) is 88.3 cm³/mol. The molecule has 6 nitrogen and oxygen atoms in total. The summed E-state index contributed by atoms with van der Waals surface area (Å²) in [6.45, 7) is -1.57. The summed E-state index contributed by atoms with van der Waals surface area (Å²) >= 11 is 5.99. The van der Waals surface area contributed by atoms with Crippen LogP contribution < -0.4 is 19.5 Å². The molecule has 1 aromatic heterocycles. The first kappa shape index (κ1) is 19.6. The molecule has 10 heteroatoms. The molecule has 0 saturated carbocycles. The highest BCUT2D eigenvalue weighted by molar-refractivity contribution is 6.32. The summed E-state index contributed by atoms with van der Waals surface area (Å²) in [7, 11) is 2.76. The van der Waals surface area contributed by atoms with E-state index in [9.17, 15) is 18.0 Å². The van der Waals surface area contributed by atoms with Gasteiger partial charge >= 0.3 is 6.18 Å². The van der Waals surface area contributed by atoms with E-state index >= 15 is 0 Å². The minimum atomic E-state index is -4.56. The normalized spacial score (nSPS) is 11.0. The van der Waals surface area contributed by atoms with Gasteiger partial charge in [0, 0.05) is 18.3 Å². The molecule has 0 spiro atoms. The van der Waals surface area contributed by atoms with Crippen LogP contribution in [0.1, 0.15) is 10.4 Å². The zero-order chi connectivity index (χ0) is 19.3. The number of methoxy groups -OCH3 is 2. The minimum Gasteiger partial charge on any atom is -0.495 e. The summed E-state index contributed by atoms with van der Waals surface area (Å²) in [6.07, 6.45) is -3.34. The van der Waals surface area contributed by atoms with Crippen molar-refractivity contribution < 1.29 is 32.2 Å². The van der Waals surface area contributed by atoms with E-state index in [1.165, 1.54) is 44.7 Å². The molecule has 0 aliphatic heterocycles. The SMILES string of the molecule is COc1cc(NC(=O)c2cccnc2OCC(F)(F)F)c(OC)cc1Cl. The predicted octanol–water partition coefficient (Wildman–Crippen LogP) is 3.95. The first-order valence-corrected chi connectivity index (χ1v) is 7.50. The first-order valence-electron chi connectivity index (χ1n) is 7.12. The maximum atomic E-state index is 12.5. The van der Waals surface area contributed by atoms with Crippen molar-refractivity contribution in [2.24, 2.45) is 0 Å². The van der Waals surface area contributed by atoms with E-state index in [-0.39, 0.29) is 27.8 Å². The van der Waals surface area contributed by atoms with Crippen LogP contribution in [0.4, 0.5) is 18.9 Å². The van der Waals surface area contributed by atoms with Crippen molar-refractivity contribution in [1.82, 2.24) is 4.98 Å². The van der Waals surface area contributed by atoms with Crippen LogP contribution in [-0.4, -0.2) is 37.9 Å². The molecule has 0 saturated heterocycles. The fraction of sp³-hybridized carbons (Fsp3) is 0.250. The Morgan fingerprint density at radius 2 is 1.92 bits per heavy atom. The molecule has 2 aromatic rings. The van der Waals surface area contributed by atoms with Gasteiger partial charge in [-0.3, -0.25) is 4.79 Å². The van der Waals surface area contributed by atoms with Crippen LogP contribution in [0.25, 0.3) is 0 Å². The number of nitrogens with one attached hydrogen (secondary N) is 1. The lowest BCUT2D eigenvalue weighted by molar-refractivity contribution is -0.154. The summed E-state index contributed by atoms with van der Waals surface area (Å²) in [5.74, 6) is -0.659. The lowest BCUT2D eigenvalue weighted by Crippen LogP contribution is -2.22. The Kier molecular flexibility index (Phi) is 6.14. The Labute approximate surface area is 151 Å². The number of hydrogen-bond donors (Lipinski definition) is 1. The van der Waals surface area contributed by atoms with Gasteiger partial charge in [0.05, 0.1) is 24.9 Å². The van der Waals surface area contributed by atoms with Crippen LogP contribution in [0.15, 0.2) is 30.5 Å². The number of aromatic nitrogens is 1. The summed E-state index contributed by atoms with van der Waals surface area (Å²) in [5, 5.41) is 2.78. The molecule has 0 unspecified atom stereocenters. The highest BCUT2D eigenvalue weighted by atomic mass is 35.5. The van der Waals surface area contributed by atoms with E-state index in [0.29, 0.717) is 0 Å². The summed E-state index contributed by atoms with van der Waals surface area (Å²) in [6, 6.07) is 5.54. The second kappa shape index (κ2) is 8.13. The maximum absolute atomic E-state index is 12.5. The van der Waals surface area contributed by atoms with E-state index in [4.69, 9.17) is 21.1 Å². The highest BCUT2D eigenvalue weighted by Crippen LogP contribution is 2.36. The number of anilines is 1. The zero-order valence-electron chi connectivity index (χ0n) is 13.7. The number of amides is 1. The topological polar surface area (TPSA) is 69.7 Å². The Morgan fingerprint density at radius 1 is 1.23 bits per heavy atom. The molecule has 0 bridgehead atoms. The van der Waals surface area contributed by atoms with Crippen molar-refractivity contribution in [3.63, 3.8) is 0 Å². The number of carbonyl (C=O) groups excluding carboxylic acids is 1. The lowest BCUT2D eigenvalue weighted by Gasteiger charge is -2.15. The van der Waals surface area contributed by atoms with E-state index in [1.54, 1.807) is 0 Å². The standard InChI is InChI=1S/C16H14ClF3N2O4/c1-24-12-7-11(13(25-2)6-10(12)17)22-14(23)9-4-3-5-21-15(9)26-8-16(18,19)20/h3-7H,8H2,1-2H3,(H,22,23). The molecule has 1 amide bonds. The third kappa shape index (κ3) is 4.92. The molecule has 1 aromatic carbocycles. The monoisotopic (exact) mass is 390 g/mol. The molecule has 0 atom stereocenters. The smallest absolute Gasteiger partial charge is 0.422 e. The van der Waals surface area contributed by atoms with Gasteiger partial charge in [-0.25, -0.2) is 4.98 Å². The van der Waals surface area contributed by atoms with E-state index < -0.39 is 24.6 Å². The van der Waals surface area contributed by atoms with Crippen LogP contribution in [-0.2, 0) is 0 Å². The van der Waals surface area contributed by atoms with Gasteiger partial charge in [-0.2, -0.15) is 13.2 Å². The summed E-state index contributed by atoms with van der Waals surface area (Å²) < 4.78 is 51.8. The Balaban J connectivity index is 2.28. The molecule has 1 N–H and O–H groups in total. The molecule has 26 heavy (non-hydrogen) atoms. The molecule has 0 aliphatic rings. The maximum Gasteiger partial charge on any atom is 0.422 e. The quantitative estimate of drug-likeness (QED) is 0.809. The average Bonchev–Trinajstić information content (AvgIpc) is 2.60. The number of ether oxygens (including phenoxy) is 3. The number of pyridine rings is 1.